The van der Waals surface area contributed by atoms with E-state index in [-0.39, 0.29) is 0 Å². The summed E-state index contributed by atoms with van der Waals surface area (Å²) in [5.74, 6) is 0.908. The molecule has 164 valence electrons. The highest BCUT2D eigenvalue weighted by Gasteiger charge is 2.16. The maximum absolute atomic E-state index is 10.3. The topological polar surface area (TPSA) is 54.4 Å². The van der Waals surface area contributed by atoms with Crippen LogP contribution in [0.15, 0.2) is 24.3 Å². The number of aliphatic hydroxyl groups excluding tert-OH is 1. The fraction of sp³-hybridized carbons (Fsp3) is 0.739. The summed E-state index contributed by atoms with van der Waals surface area (Å²) >= 11 is 0. The molecule has 2 aliphatic rings. The van der Waals surface area contributed by atoms with E-state index in [0.717, 1.165) is 58.0 Å². The lowest BCUT2D eigenvalue weighted by atomic mass is 9.98. The van der Waals surface area contributed by atoms with Crippen molar-refractivity contribution in [3.63, 3.8) is 0 Å². The fourth-order valence-electron chi connectivity index (χ4n) is 4.08. The standard InChI is InChI=1S/C23H38N2O4/c1-24(18-21(26)19-29-22-5-3-2-4-6-22)17-20-7-9-23(10-8-20)28-16-13-25-11-14-27-15-12-25/h7-10,21-22,26H,2-6,11-19H2,1H3/t21-/m1/s1. The van der Waals surface area contributed by atoms with Gasteiger partial charge in [0.2, 0.25) is 0 Å². The van der Waals surface area contributed by atoms with Crippen LogP contribution in [0.2, 0.25) is 0 Å². The number of nitrogens with zero attached hydrogens (tertiary/aromatic N) is 2. The van der Waals surface area contributed by atoms with E-state index in [4.69, 9.17) is 14.2 Å². The number of benzene rings is 1. The van der Waals surface area contributed by atoms with Gasteiger partial charge in [0.15, 0.2) is 0 Å². The minimum atomic E-state index is -0.440. The first-order valence-corrected chi connectivity index (χ1v) is 11.2. The Bertz CT molecular complexity index is 557. The maximum atomic E-state index is 10.3. The van der Waals surface area contributed by atoms with E-state index in [0.29, 0.717) is 25.9 Å². The summed E-state index contributed by atoms with van der Waals surface area (Å²) in [7, 11) is 2.04. The van der Waals surface area contributed by atoms with Gasteiger partial charge in [-0.2, -0.15) is 0 Å². The molecule has 6 heteroatoms. The summed E-state index contributed by atoms with van der Waals surface area (Å²) in [6.07, 6.45) is 6.03. The molecule has 1 saturated carbocycles. The van der Waals surface area contributed by atoms with Gasteiger partial charge in [0, 0.05) is 32.7 Å². The lowest BCUT2D eigenvalue weighted by Crippen LogP contribution is -2.38. The minimum absolute atomic E-state index is 0.347. The zero-order chi connectivity index (χ0) is 20.3. The highest BCUT2D eigenvalue weighted by atomic mass is 16.5. The molecule has 1 aromatic rings. The van der Waals surface area contributed by atoms with Crippen LogP contribution in [0, 0.1) is 0 Å². The van der Waals surface area contributed by atoms with E-state index in [9.17, 15) is 5.11 Å². The molecule has 1 atom stereocenters. The number of aliphatic hydroxyl groups is 1. The second-order valence-corrected chi connectivity index (χ2v) is 8.39. The molecule has 1 aliphatic heterocycles. The Balaban J connectivity index is 1.30. The first-order valence-electron chi connectivity index (χ1n) is 11.2. The summed E-state index contributed by atoms with van der Waals surface area (Å²) < 4.78 is 17.1. The molecule has 0 spiro atoms. The van der Waals surface area contributed by atoms with Crippen LogP contribution < -0.4 is 4.74 Å². The summed E-state index contributed by atoms with van der Waals surface area (Å²) in [5, 5.41) is 10.3. The Kier molecular flexibility index (Phi) is 9.70. The third-order valence-electron chi connectivity index (χ3n) is 5.75. The van der Waals surface area contributed by atoms with Crippen molar-refractivity contribution in [2.24, 2.45) is 0 Å². The Morgan fingerprint density at radius 1 is 1.14 bits per heavy atom. The number of hydrogen-bond acceptors (Lipinski definition) is 6. The Hall–Kier alpha value is -1.18. The Morgan fingerprint density at radius 3 is 2.59 bits per heavy atom. The van der Waals surface area contributed by atoms with Gasteiger partial charge in [0.05, 0.1) is 32.0 Å². The van der Waals surface area contributed by atoms with E-state index in [1.54, 1.807) is 0 Å². The van der Waals surface area contributed by atoms with Gasteiger partial charge in [-0.15, -0.1) is 0 Å². The van der Waals surface area contributed by atoms with Crippen LogP contribution >= 0.6 is 0 Å². The summed E-state index contributed by atoms with van der Waals surface area (Å²) in [6.45, 7) is 7.12. The number of likely N-dealkylation sites (N-methyl/N-ethyl adjacent to an activating group) is 1. The molecule has 1 aromatic carbocycles. The first kappa shape index (κ1) is 22.5. The molecule has 0 amide bonds. The lowest BCUT2D eigenvalue weighted by molar-refractivity contribution is -0.0319. The average Bonchev–Trinajstić information content (AvgIpc) is 2.75. The fourth-order valence-corrected chi connectivity index (χ4v) is 4.08. The molecule has 2 fully saturated rings. The quantitative estimate of drug-likeness (QED) is 0.610. The predicted octanol–water partition coefficient (Wildman–Crippen LogP) is 2.54. The Morgan fingerprint density at radius 2 is 1.86 bits per heavy atom. The molecule has 1 heterocycles. The average molecular weight is 407 g/mol. The van der Waals surface area contributed by atoms with Crippen LogP contribution in [0.25, 0.3) is 0 Å². The molecule has 0 unspecified atom stereocenters. The van der Waals surface area contributed by atoms with Gasteiger partial charge in [0.25, 0.3) is 0 Å². The molecule has 29 heavy (non-hydrogen) atoms. The molecule has 3 rings (SSSR count). The zero-order valence-electron chi connectivity index (χ0n) is 17.9. The Labute approximate surface area is 175 Å². The third-order valence-corrected chi connectivity index (χ3v) is 5.75. The van der Waals surface area contributed by atoms with Crippen LogP contribution in [-0.2, 0) is 16.0 Å². The van der Waals surface area contributed by atoms with Crippen LogP contribution in [0.3, 0.4) is 0 Å². The molecule has 1 saturated heterocycles. The van der Waals surface area contributed by atoms with E-state index in [2.05, 4.69) is 21.9 Å². The van der Waals surface area contributed by atoms with Gasteiger partial charge in [-0.05, 0) is 37.6 Å². The molecular formula is C23H38N2O4. The van der Waals surface area contributed by atoms with Crippen molar-refractivity contribution in [1.82, 2.24) is 9.80 Å². The predicted molar refractivity (Wildman–Crippen MR) is 114 cm³/mol. The van der Waals surface area contributed by atoms with Crippen molar-refractivity contribution >= 4 is 0 Å². The number of rotatable bonds is 11. The molecular weight excluding hydrogens is 368 g/mol. The monoisotopic (exact) mass is 406 g/mol. The van der Waals surface area contributed by atoms with Gasteiger partial charge in [-0.3, -0.25) is 9.80 Å². The summed E-state index contributed by atoms with van der Waals surface area (Å²) in [4.78, 5) is 4.51. The number of morpholine rings is 1. The maximum Gasteiger partial charge on any atom is 0.119 e. The van der Waals surface area contributed by atoms with Crippen LogP contribution in [-0.4, -0.2) is 86.8 Å². The normalized spacial score (nSPS) is 20.1. The van der Waals surface area contributed by atoms with E-state index < -0.39 is 6.10 Å². The first-order chi connectivity index (χ1) is 14.2. The van der Waals surface area contributed by atoms with Crippen LogP contribution in [0.1, 0.15) is 37.7 Å². The van der Waals surface area contributed by atoms with Gasteiger partial charge >= 0.3 is 0 Å². The van der Waals surface area contributed by atoms with Crippen LogP contribution in [0.5, 0.6) is 5.75 Å². The summed E-state index contributed by atoms with van der Waals surface area (Å²) in [6, 6.07) is 8.27. The largest absolute Gasteiger partial charge is 0.492 e. The van der Waals surface area contributed by atoms with Crippen molar-refractivity contribution in [3.05, 3.63) is 29.8 Å². The highest BCUT2D eigenvalue weighted by Crippen LogP contribution is 2.20. The van der Waals surface area contributed by atoms with Gasteiger partial charge in [-0.1, -0.05) is 31.4 Å². The van der Waals surface area contributed by atoms with Crippen molar-refractivity contribution in [2.75, 3.05) is 59.7 Å². The highest BCUT2D eigenvalue weighted by molar-refractivity contribution is 5.27. The van der Waals surface area contributed by atoms with E-state index >= 15 is 0 Å². The van der Waals surface area contributed by atoms with E-state index in [1.165, 1.54) is 24.8 Å². The number of ether oxygens (including phenoxy) is 3. The zero-order valence-corrected chi connectivity index (χ0v) is 17.9. The molecule has 0 radical (unpaired) electrons. The van der Waals surface area contributed by atoms with Crippen molar-refractivity contribution in [1.29, 1.82) is 0 Å². The molecule has 1 aliphatic carbocycles. The SMILES string of the molecule is CN(Cc1ccc(OCCN2CCOCC2)cc1)C[C@@H](O)COC1CCCCC1. The van der Waals surface area contributed by atoms with Gasteiger partial charge in [0.1, 0.15) is 12.4 Å². The summed E-state index contributed by atoms with van der Waals surface area (Å²) in [5.41, 5.74) is 1.22. The van der Waals surface area contributed by atoms with Gasteiger partial charge < -0.3 is 19.3 Å². The molecule has 0 aromatic heterocycles. The van der Waals surface area contributed by atoms with Crippen molar-refractivity contribution < 1.29 is 19.3 Å². The second-order valence-electron chi connectivity index (χ2n) is 8.39. The van der Waals surface area contributed by atoms with Gasteiger partial charge in [-0.25, -0.2) is 0 Å². The van der Waals surface area contributed by atoms with Crippen LogP contribution in [0.4, 0.5) is 0 Å². The minimum Gasteiger partial charge on any atom is -0.492 e. The molecule has 1 N–H and O–H groups in total. The molecule has 0 bridgehead atoms. The molecule has 6 nitrogen and oxygen atoms in total. The lowest BCUT2D eigenvalue weighted by Gasteiger charge is -2.26. The van der Waals surface area contributed by atoms with Crippen molar-refractivity contribution in [2.45, 2.75) is 50.9 Å². The van der Waals surface area contributed by atoms with E-state index in [1.807, 2.05) is 19.2 Å². The third kappa shape index (κ3) is 8.60. The number of hydrogen-bond donors (Lipinski definition) is 1. The second kappa shape index (κ2) is 12.5. The smallest absolute Gasteiger partial charge is 0.119 e. The van der Waals surface area contributed by atoms with Crippen molar-refractivity contribution in [3.8, 4) is 5.75 Å².